The first-order valence-corrected chi connectivity index (χ1v) is 3.53. The van der Waals surface area contributed by atoms with E-state index in [1.807, 2.05) is 0 Å². The van der Waals surface area contributed by atoms with Crippen LogP contribution in [0.5, 0.6) is 0 Å². The van der Waals surface area contributed by atoms with Gasteiger partial charge in [-0.15, -0.1) is 0 Å². The Morgan fingerprint density at radius 2 is 2.12 bits per heavy atom. The minimum absolute atomic E-state index is 0.00329. The van der Waals surface area contributed by atoms with Gasteiger partial charge in [-0.1, -0.05) is 0 Å². The molecule has 0 spiro atoms. The van der Waals surface area contributed by atoms with Crippen LogP contribution in [0.15, 0.2) is 0 Å². The highest BCUT2D eigenvalue weighted by molar-refractivity contribution is 7.30. The SMILES string of the molecule is NCC(O)CP(=O)=O. The van der Waals surface area contributed by atoms with Gasteiger partial charge in [0.1, 0.15) is 0 Å². The Hall–Kier alpha value is -0.180. The zero-order chi connectivity index (χ0) is 6.57. The molecule has 0 aromatic heterocycles. The van der Waals surface area contributed by atoms with Crippen LogP contribution >= 0.6 is 7.68 Å². The number of rotatable bonds is 3. The third-order valence-corrected chi connectivity index (χ3v) is 1.35. The predicted octanol–water partition coefficient (Wildman–Crippen LogP) is -0.521. The Labute approximate surface area is 47.5 Å². The highest BCUT2D eigenvalue weighted by atomic mass is 31.1. The summed E-state index contributed by atoms with van der Waals surface area (Å²) in [7, 11) is -2.48. The van der Waals surface area contributed by atoms with Gasteiger partial charge >= 0.3 is 7.68 Å². The minimum Gasteiger partial charge on any atom is -0.391 e. The van der Waals surface area contributed by atoms with Crippen LogP contribution in [-0.2, 0) is 9.13 Å². The van der Waals surface area contributed by atoms with Gasteiger partial charge in [0.25, 0.3) is 0 Å². The van der Waals surface area contributed by atoms with Crippen LogP contribution in [0, 0.1) is 0 Å². The smallest absolute Gasteiger partial charge is 0.318 e. The molecule has 1 atom stereocenters. The van der Waals surface area contributed by atoms with Gasteiger partial charge < -0.3 is 10.8 Å². The van der Waals surface area contributed by atoms with Gasteiger partial charge in [-0.25, -0.2) is 9.13 Å². The third kappa shape index (κ3) is 3.99. The highest BCUT2D eigenvalue weighted by Gasteiger charge is 2.02. The lowest BCUT2D eigenvalue weighted by molar-refractivity contribution is 0.205. The molecule has 4 nitrogen and oxygen atoms in total. The molecule has 0 saturated carbocycles. The van der Waals surface area contributed by atoms with Crippen molar-refractivity contribution < 1.29 is 14.2 Å². The summed E-state index contributed by atoms with van der Waals surface area (Å²) in [5.41, 5.74) is 4.90. The summed E-state index contributed by atoms with van der Waals surface area (Å²) >= 11 is 0. The molecule has 0 aliphatic carbocycles. The van der Waals surface area contributed by atoms with Crippen molar-refractivity contribution in [2.45, 2.75) is 6.10 Å². The zero-order valence-electron chi connectivity index (χ0n) is 4.28. The number of aliphatic hydroxyl groups is 1. The van der Waals surface area contributed by atoms with Crippen molar-refractivity contribution in [3.63, 3.8) is 0 Å². The molecular formula is C3H8NO3P. The van der Waals surface area contributed by atoms with E-state index in [1.165, 1.54) is 0 Å². The van der Waals surface area contributed by atoms with E-state index in [2.05, 4.69) is 0 Å². The fraction of sp³-hybridized carbons (Fsp3) is 1.00. The molecule has 0 heterocycles. The van der Waals surface area contributed by atoms with Crippen LogP contribution in [0.3, 0.4) is 0 Å². The van der Waals surface area contributed by atoms with Gasteiger partial charge in [-0.3, -0.25) is 0 Å². The van der Waals surface area contributed by atoms with Crippen molar-refractivity contribution in [2.75, 3.05) is 12.7 Å². The van der Waals surface area contributed by atoms with Crippen molar-refractivity contribution in [1.82, 2.24) is 0 Å². The van der Waals surface area contributed by atoms with E-state index in [1.54, 1.807) is 0 Å². The van der Waals surface area contributed by atoms with E-state index in [0.29, 0.717) is 0 Å². The molecule has 0 aromatic rings. The number of hydrogen-bond acceptors (Lipinski definition) is 4. The van der Waals surface area contributed by atoms with E-state index >= 15 is 0 Å². The van der Waals surface area contributed by atoms with Crippen molar-refractivity contribution in [1.29, 1.82) is 0 Å². The topological polar surface area (TPSA) is 80.4 Å². The second kappa shape index (κ2) is 3.78. The summed E-state index contributed by atoms with van der Waals surface area (Å²) in [4.78, 5) is 0. The molecule has 0 rings (SSSR count). The van der Waals surface area contributed by atoms with Crippen molar-refractivity contribution in [3.05, 3.63) is 0 Å². The molecule has 0 aromatic carbocycles. The second-order valence-corrected chi connectivity index (χ2v) is 2.44. The van der Waals surface area contributed by atoms with Crippen molar-refractivity contribution in [3.8, 4) is 0 Å². The summed E-state index contributed by atoms with van der Waals surface area (Å²) in [6.45, 7) is 0.00329. The fourth-order valence-corrected chi connectivity index (χ4v) is 0.740. The first kappa shape index (κ1) is 7.82. The summed E-state index contributed by atoms with van der Waals surface area (Å²) in [5.74, 6) is 0. The fourth-order valence-electron chi connectivity index (χ4n) is 0.247. The predicted molar refractivity (Wildman–Crippen MR) is 28.2 cm³/mol. The van der Waals surface area contributed by atoms with Gasteiger partial charge in [0.05, 0.1) is 12.3 Å². The number of nitrogens with two attached hydrogens (primary N) is 1. The quantitative estimate of drug-likeness (QED) is 0.513. The van der Waals surface area contributed by atoms with Gasteiger partial charge in [0.15, 0.2) is 0 Å². The Morgan fingerprint density at radius 1 is 1.62 bits per heavy atom. The van der Waals surface area contributed by atoms with E-state index < -0.39 is 13.8 Å². The summed E-state index contributed by atoms with van der Waals surface area (Å²) in [6.07, 6.45) is -1.12. The van der Waals surface area contributed by atoms with Gasteiger partial charge in [-0.05, 0) is 0 Å². The molecule has 0 saturated heterocycles. The van der Waals surface area contributed by atoms with E-state index in [9.17, 15) is 9.13 Å². The zero-order valence-corrected chi connectivity index (χ0v) is 5.17. The van der Waals surface area contributed by atoms with Gasteiger partial charge in [-0.2, -0.15) is 0 Å². The summed E-state index contributed by atoms with van der Waals surface area (Å²) in [5, 5.41) is 8.52. The molecule has 0 radical (unpaired) electrons. The Morgan fingerprint density at radius 3 is 2.25 bits per heavy atom. The van der Waals surface area contributed by atoms with Crippen LogP contribution in [-0.4, -0.2) is 23.9 Å². The highest BCUT2D eigenvalue weighted by Crippen LogP contribution is 2.03. The summed E-state index contributed by atoms with van der Waals surface area (Å²) in [6, 6.07) is 0. The maximum absolute atomic E-state index is 9.79. The van der Waals surface area contributed by atoms with E-state index in [0.717, 1.165) is 0 Å². The molecule has 5 heteroatoms. The normalized spacial score (nSPS) is 13.2. The van der Waals surface area contributed by atoms with E-state index in [-0.39, 0.29) is 12.7 Å². The first-order chi connectivity index (χ1) is 3.66. The molecule has 0 aliphatic rings. The maximum Gasteiger partial charge on any atom is 0.318 e. The molecule has 3 N–H and O–H groups in total. The largest absolute Gasteiger partial charge is 0.391 e. The monoisotopic (exact) mass is 137 g/mol. The van der Waals surface area contributed by atoms with Gasteiger partial charge in [0.2, 0.25) is 0 Å². The van der Waals surface area contributed by atoms with Crippen molar-refractivity contribution in [2.24, 2.45) is 5.73 Å². The lowest BCUT2D eigenvalue weighted by Crippen LogP contribution is -2.21. The standard InChI is InChI=1S/C3H8NO3P/c4-1-3(5)2-8(6)7/h3,5H,1-2,4H2. The molecule has 0 amide bonds. The third-order valence-electron chi connectivity index (χ3n) is 0.632. The van der Waals surface area contributed by atoms with Crippen molar-refractivity contribution >= 4 is 7.68 Å². The molecular weight excluding hydrogens is 129 g/mol. The molecule has 1 unspecified atom stereocenters. The molecule has 0 fully saturated rings. The Kier molecular flexibility index (Phi) is 3.69. The Balaban J connectivity index is 3.39. The average molecular weight is 137 g/mol. The average Bonchev–Trinajstić information content (AvgIpc) is 1.65. The molecule has 0 aliphatic heterocycles. The number of aliphatic hydroxyl groups excluding tert-OH is 1. The van der Waals surface area contributed by atoms with Crippen LogP contribution in [0.4, 0.5) is 0 Å². The van der Waals surface area contributed by atoms with Crippen LogP contribution in [0.1, 0.15) is 0 Å². The van der Waals surface area contributed by atoms with Crippen LogP contribution in [0.2, 0.25) is 0 Å². The lowest BCUT2D eigenvalue weighted by Gasteiger charge is -1.96. The number of hydrogen-bond donors (Lipinski definition) is 2. The van der Waals surface area contributed by atoms with Gasteiger partial charge in [0, 0.05) is 6.54 Å². The molecule has 8 heavy (non-hydrogen) atoms. The first-order valence-electron chi connectivity index (χ1n) is 2.16. The summed E-state index contributed by atoms with van der Waals surface area (Å²) < 4.78 is 19.6. The lowest BCUT2D eigenvalue weighted by atomic mass is 10.4. The van der Waals surface area contributed by atoms with Crippen LogP contribution in [0.25, 0.3) is 0 Å². The molecule has 0 bridgehead atoms. The van der Waals surface area contributed by atoms with Crippen LogP contribution < -0.4 is 5.73 Å². The maximum atomic E-state index is 9.79. The Bertz CT molecular complexity index is 114. The molecule has 48 valence electrons. The second-order valence-electron chi connectivity index (χ2n) is 1.40. The van der Waals surface area contributed by atoms with E-state index in [4.69, 9.17) is 10.8 Å². The minimum atomic E-state index is -2.48.